The molecule has 1 fully saturated rings. The number of hydrogen-bond donors (Lipinski definition) is 1. The number of carbonyl (C=O) groups excluding carboxylic acids is 2. The van der Waals surface area contributed by atoms with Crippen LogP contribution in [0.5, 0.6) is 5.75 Å². The van der Waals surface area contributed by atoms with Crippen LogP contribution in [-0.2, 0) is 26.0 Å². The predicted octanol–water partition coefficient (Wildman–Crippen LogP) is 4.15. The largest absolute Gasteiger partial charge is 0.497 e. The van der Waals surface area contributed by atoms with Crippen LogP contribution >= 0.6 is 0 Å². The number of hydrogen-bond acceptors (Lipinski definition) is 5. The van der Waals surface area contributed by atoms with Crippen LogP contribution in [0.2, 0.25) is 0 Å². The highest BCUT2D eigenvalue weighted by molar-refractivity contribution is 7.92. The first kappa shape index (κ1) is 29.5. The van der Waals surface area contributed by atoms with E-state index in [9.17, 15) is 18.0 Å². The van der Waals surface area contributed by atoms with Gasteiger partial charge in [0.1, 0.15) is 11.8 Å². The summed E-state index contributed by atoms with van der Waals surface area (Å²) in [4.78, 5) is 28.2. The van der Waals surface area contributed by atoms with Crippen LogP contribution in [0, 0.1) is 0 Å². The molecule has 2 aromatic rings. The smallest absolute Gasteiger partial charge is 0.242 e. The molecule has 0 aliphatic heterocycles. The van der Waals surface area contributed by atoms with Crippen LogP contribution in [0.4, 0.5) is 5.69 Å². The van der Waals surface area contributed by atoms with Gasteiger partial charge in [0.25, 0.3) is 0 Å². The minimum Gasteiger partial charge on any atom is -0.497 e. The third-order valence-electron chi connectivity index (χ3n) is 7.12. The van der Waals surface area contributed by atoms with Gasteiger partial charge in [-0.15, -0.1) is 0 Å². The van der Waals surface area contributed by atoms with Gasteiger partial charge in [0, 0.05) is 25.6 Å². The van der Waals surface area contributed by atoms with E-state index in [1.54, 1.807) is 43.2 Å². The first-order valence-electron chi connectivity index (χ1n) is 13.4. The van der Waals surface area contributed by atoms with E-state index in [4.69, 9.17) is 4.74 Å². The maximum absolute atomic E-state index is 13.4. The first-order valence-corrected chi connectivity index (χ1v) is 15.3. The number of rotatable bonds is 13. The Balaban J connectivity index is 1.66. The maximum Gasteiger partial charge on any atom is 0.242 e. The molecule has 1 aliphatic carbocycles. The van der Waals surface area contributed by atoms with Gasteiger partial charge in [0.15, 0.2) is 0 Å². The molecule has 208 valence electrons. The monoisotopic (exact) mass is 543 g/mol. The molecule has 8 nitrogen and oxygen atoms in total. The van der Waals surface area contributed by atoms with E-state index >= 15 is 0 Å². The molecular formula is C29H41N3O5S. The Kier molecular flexibility index (Phi) is 11.0. The lowest BCUT2D eigenvalue weighted by atomic mass is 9.95. The van der Waals surface area contributed by atoms with Crippen molar-refractivity contribution in [3.63, 3.8) is 0 Å². The molecule has 0 spiro atoms. The fourth-order valence-electron chi connectivity index (χ4n) is 4.89. The second-order valence-electron chi connectivity index (χ2n) is 9.98. The van der Waals surface area contributed by atoms with Crippen LogP contribution in [0.3, 0.4) is 0 Å². The van der Waals surface area contributed by atoms with Crippen LogP contribution < -0.4 is 14.4 Å². The lowest BCUT2D eigenvalue weighted by Gasteiger charge is -2.31. The third kappa shape index (κ3) is 8.75. The number of carbonyl (C=O) groups is 2. The molecule has 2 amide bonds. The van der Waals surface area contributed by atoms with Crippen LogP contribution in [0.1, 0.15) is 57.4 Å². The minimum absolute atomic E-state index is 0.130. The second kappa shape index (κ2) is 14.2. The van der Waals surface area contributed by atoms with E-state index < -0.39 is 16.1 Å². The predicted molar refractivity (Wildman–Crippen MR) is 151 cm³/mol. The topological polar surface area (TPSA) is 96.0 Å². The van der Waals surface area contributed by atoms with Gasteiger partial charge < -0.3 is 15.0 Å². The molecule has 0 bridgehead atoms. The molecule has 1 aliphatic rings. The summed E-state index contributed by atoms with van der Waals surface area (Å²) in [6, 6.07) is 16.2. The minimum atomic E-state index is -3.54. The summed E-state index contributed by atoms with van der Waals surface area (Å²) in [5.41, 5.74) is 1.61. The number of anilines is 1. The highest BCUT2D eigenvalue weighted by atomic mass is 32.2. The van der Waals surface area contributed by atoms with Crippen molar-refractivity contribution >= 4 is 27.5 Å². The zero-order chi connectivity index (χ0) is 27.5. The molecule has 0 radical (unpaired) electrons. The first-order chi connectivity index (χ1) is 18.2. The van der Waals surface area contributed by atoms with Crippen molar-refractivity contribution in [1.82, 2.24) is 10.2 Å². The van der Waals surface area contributed by atoms with E-state index in [1.165, 1.54) is 10.7 Å². The summed E-state index contributed by atoms with van der Waals surface area (Å²) in [5, 5.41) is 3.15. The van der Waals surface area contributed by atoms with Crippen LogP contribution in [-0.4, -0.2) is 63.7 Å². The molecule has 0 heterocycles. The highest BCUT2D eigenvalue weighted by Gasteiger charge is 2.28. The molecule has 0 unspecified atom stereocenters. The van der Waals surface area contributed by atoms with Gasteiger partial charge in [0.05, 0.1) is 19.1 Å². The Bertz CT molecular complexity index is 1130. The molecule has 38 heavy (non-hydrogen) atoms. The van der Waals surface area contributed by atoms with Crippen LogP contribution in [0.25, 0.3) is 0 Å². The van der Waals surface area contributed by atoms with E-state index in [0.717, 1.165) is 37.5 Å². The Hall–Kier alpha value is -3.07. The normalized spacial score (nSPS) is 14.9. The summed E-state index contributed by atoms with van der Waals surface area (Å²) in [5.74, 6) is 0.344. The quantitative estimate of drug-likeness (QED) is 0.410. The number of sulfonamides is 1. The Morgan fingerprint density at radius 3 is 2.26 bits per heavy atom. The van der Waals surface area contributed by atoms with E-state index in [1.807, 2.05) is 30.3 Å². The van der Waals surface area contributed by atoms with Gasteiger partial charge in [0.2, 0.25) is 21.8 Å². The Morgan fingerprint density at radius 2 is 1.66 bits per heavy atom. The van der Waals surface area contributed by atoms with Gasteiger partial charge in [-0.05, 0) is 62.4 Å². The maximum atomic E-state index is 13.4. The molecule has 9 heteroatoms. The Labute approximate surface area is 227 Å². The SMILES string of the molecule is COc1ccc(N(CCCC(=O)N(CCc2ccccc2)[C@@H](C)C(=O)NC2CCCCC2)S(C)(=O)=O)cc1. The summed E-state index contributed by atoms with van der Waals surface area (Å²) in [6.45, 7) is 2.35. The van der Waals surface area contributed by atoms with Crippen molar-refractivity contribution in [2.45, 2.75) is 70.4 Å². The fraction of sp³-hybridized carbons (Fsp3) is 0.517. The lowest BCUT2D eigenvalue weighted by Crippen LogP contribution is -2.51. The average Bonchev–Trinajstić information content (AvgIpc) is 2.91. The molecule has 0 saturated heterocycles. The number of benzene rings is 2. The van der Waals surface area contributed by atoms with Crippen molar-refractivity contribution in [2.75, 3.05) is 30.8 Å². The molecule has 1 N–H and O–H groups in total. The molecule has 0 aromatic heterocycles. The number of ether oxygens (including phenoxy) is 1. The van der Waals surface area contributed by atoms with Gasteiger partial charge in [-0.2, -0.15) is 0 Å². The molecule has 2 aromatic carbocycles. The van der Waals surface area contributed by atoms with Crippen molar-refractivity contribution in [3.05, 3.63) is 60.2 Å². The third-order valence-corrected chi connectivity index (χ3v) is 8.31. The zero-order valence-electron chi connectivity index (χ0n) is 22.8. The van der Waals surface area contributed by atoms with Crippen molar-refractivity contribution in [2.24, 2.45) is 0 Å². The molecular weight excluding hydrogens is 502 g/mol. The summed E-state index contributed by atoms with van der Waals surface area (Å²) < 4.78 is 31.4. The Morgan fingerprint density at radius 1 is 1.00 bits per heavy atom. The van der Waals surface area contributed by atoms with Gasteiger partial charge in [-0.3, -0.25) is 13.9 Å². The second-order valence-corrected chi connectivity index (χ2v) is 11.9. The van der Waals surface area contributed by atoms with Crippen molar-refractivity contribution in [3.8, 4) is 5.75 Å². The van der Waals surface area contributed by atoms with Crippen molar-refractivity contribution in [1.29, 1.82) is 0 Å². The number of methoxy groups -OCH3 is 1. The summed E-state index contributed by atoms with van der Waals surface area (Å²) in [7, 11) is -1.99. The van der Waals surface area contributed by atoms with Gasteiger partial charge >= 0.3 is 0 Å². The molecule has 1 atom stereocenters. The summed E-state index contributed by atoms with van der Waals surface area (Å²) >= 11 is 0. The zero-order valence-corrected chi connectivity index (χ0v) is 23.6. The van der Waals surface area contributed by atoms with Gasteiger partial charge in [-0.25, -0.2) is 8.42 Å². The number of nitrogens with one attached hydrogen (secondary N) is 1. The molecule has 3 rings (SSSR count). The fourth-order valence-corrected chi connectivity index (χ4v) is 5.86. The van der Waals surface area contributed by atoms with Gasteiger partial charge in [-0.1, -0.05) is 49.6 Å². The van der Waals surface area contributed by atoms with E-state index in [0.29, 0.717) is 30.8 Å². The highest BCUT2D eigenvalue weighted by Crippen LogP contribution is 2.22. The van der Waals surface area contributed by atoms with E-state index in [-0.39, 0.29) is 30.8 Å². The summed E-state index contributed by atoms with van der Waals surface area (Å²) in [6.07, 6.45) is 7.63. The number of nitrogens with zero attached hydrogens (tertiary/aromatic N) is 2. The standard InChI is InChI=1S/C29H41N3O5S/c1-23(29(34)30-25-13-8-5-9-14-25)31(22-20-24-11-6-4-7-12-24)28(33)15-10-21-32(38(3,35)36)26-16-18-27(37-2)19-17-26/h4,6-7,11-12,16-19,23,25H,5,8-10,13-15,20-22H2,1-3H3,(H,30,34)/t23-/m0/s1. The van der Waals surface area contributed by atoms with Crippen LogP contribution in [0.15, 0.2) is 54.6 Å². The van der Waals surface area contributed by atoms with E-state index in [2.05, 4.69) is 5.32 Å². The van der Waals surface area contributed by atoms with Crippen molar-refractivity contribution < 1.29 is 22.7 Å². The lowest BCUT2D eigenvalue weighted by molar-refractivity contribution is -0.140. The molecule has 1 saturated carbocycles. The number of amides is 2. The average molecular weight is 544 g/mol.